The predicted molar refractivity (Wildman–Crippen MR) is 65.1 cm³/mol. The second-order valence-corrected chi connectivity index (χ2v) is 4.63. The van der Waals surface area contributed by atoms with Gasteiger partial charge in [0.05, 0.1) is 18.5 Å². The Morgan fingerprint density at radius 3 is 2.89 bits per heavy atom. The van der Waals surface area contributed by atoms with E-state index in [1.54, 1.807) is 24.5 Å². The Morgan fingerprint density at radius 2 is 2.17 bits per heavy atom. The van der Waals surface area contributed by atoms with E-state index in [9.17, 15) is 8.78 Å². The van der Waals surface area contributed by atoms with E-state index >= 15 is 0 Å². The van der Waals surface area contributed by atoms with Gasteiger partial charge in [0.2, 0.25) is 0 Å². The van der Waals surface area contributed by atoms with Crippen molar-refractivity contribution in [1.29, 1.82) is 0 Å². The van der Waals surface area contributed by atoms with Crippen LogP contribution in [-0.4, -0.2) is 16.0 Å². The fourth-order valence-electron chi connectivity index (χ4n) is 1.44. The summed E-state index contributed by atoms with van der Waals surface area (Å²) in [6.45, 7) is 1.24. The van der Waals surface area contributed by atoms with Gasteiger partial charge in [-0.1, -0.05) is 11.8 Å². The molecule has 0 saturated heterocycles. The minimum absolute atomic E-state index is 0.194. The van der Waals surface area contributed by atoms with Crippen molar-refractivity contribution >= 4 is 11.8 Å². The van der Waals surface area contributed by atoms with Crippen molar-refractivity contribution in [2.45, 2.75) is 24.6 Å². The molecule has 0 spiro atoms. The van der Waals surface area contributed by atoms with Crippen molar-refractivity contribution < 1.29 is 13.2 Å². The fourth-order valence-corrected chi connectivity index (χ4v) is 1.89. The topological polar surface area (TPSA) is 53.9 Å². The van der Waals surface area contributed by atoms with Gasteiger partial charge in [-0.25, -0.2) is 0 Å². The van der Waals surface area contributed by atoms with Crippen LogP contribution in [0.15, 0.2) is 28.9 Å². The Bertz CT molecular complexity index is 459. The zero-order valence-corrected chi connectivity index (χ0v) is 10.3. The minimum atomic E-state index is -2.36. The molecule has 18 heavy (non-hydrogen) atoms. The molecule has 0 aliphatic rings. The fraction of sp³-hybridized carbons (Fsp3) is 0.364. The molecule has 2 aromatic rings. The maximum Gasteiger partial charge on any atom is 0.284 e. The van der Waals surface area contributed by atoms with Crippen molar-refractivity contribution in [3.8, 4) is 0 Å². The number of nitrogens with zero attached hydrogens (tertiary/aromatic N) is 1. The maximum atomic E-state index is 12.0. The highest BCUT2D eigenvalue weighted by molar-refractivity contribution is 7.98. The van der Waals surface area contributed by atoms with E-state index in [4.69, 9.17) is 4.42 Å². The van der Waals surface area contributed by atoms with E-state index in [-0.39, 0.29) is 5.75 Å². The van der Waals surface area contributed by atoms with E-state index in [0.717, 1.165) is 11.3 Å². The van der Waals surface area contributed by atoms with Crippen LogP contribution in [0.25, 0.3) is 0 Å². The summed E-state index contributed by atoms with van der Waals surface area (Å²) >= 11 is 0.560. The van der Waals surface area contributed by atoms with Gasteiger partial charge in [0, 0.05) is 18.3 Å². The van der Waals surface area contributed by atoms with Crippen LogP contribution in [0.4, 0.5) is 8.78 Å². The molecule has 2 aromatic heterocycles. The van der Waals surface area contributed by atoms with Gasteiger partial charge in [-0.3, -0.25) is 5.10 Å². The molecule has 0 fully saturated rings. The van der Waals surface area contributed by atoms with Crippen LogP contribution >= 0.6 is 11.8 Å². The van der Waals surface area contributed by atoms with E-state index in [1.165, 1.54) is 0 Å². The van der Waals surface area contributed by atoms with Crippen LogP contribution < -0.4 is 5.32 Å². The van der Waals surface area contributed by atoms with Crippen LogP contribution in [0.3, 0.4) is 0 Å². The molecular weight excluding hydrogens is 260 g/mol. The number of alkyl halides is 2. The third-order valence-corrected chi connectivity index (χ3v) is 2.96. The predicted octanol–water partition coefficient (Wildman–Crippen LogP) is 2.75. The Morgan fingerprint density at radius 1 is 1.33 bits per heavy atom. The number of aromatic amines is 1. The normalized spacial score (nSPS) is 11.3. The van der Waals surface area contributed by atoms with Gasteiger partial charge < -0.3 is 9.73 Å². The highest BCUT2D eigenvalue weighted by Gasteiger charge is 2.07. The molecule has 0 radical (unpaired) electrons. The molecular formula is C11H13F2N3OS. The molecule has 4 nitrogen and oxygen atoms in total. The van der Waals surface area contributed by atoms with Crippen molar-refractivity contribution in [3.63, 3.8) is 0 Å². The van der Waals surface area contributed by atoms with Crippen molar-refractivity contribution in [2.75, 3.05) is 0 Å². The van der Waals surface area contributed by atoms with E-state index < -0.39 is 5.76 Å². The zero-order chi connectivity index (χ0) is 12.8. The number of hydrogen-bond donors (Lipinski definition) is 2. The first-order valence-electron chi connectivity index (χ1n) is 5.40. The molecule has 0 amide bonds. The summed E-state index contributed by atoms with van der Waals surface area (Å²) < 4.78 is 29.4. The summed E-state index contributed by atoms with van der Waals surface area (Å²) in [7, 11) is 0. The van der Waals surface area contributed by atoms with Crippen molar-refractivity contribution in [3.05, 3.63) is 41.6 Å². The molecule has 0 unspecified atom stereocenters. The third kappa shape index (κ3) is 4.15. The Balaban J connectivity index is 1.73. The molecule has 98 valence electrons. The summed E-state index contributed by atoms with van der Waals surface area (Å²) in [5.74, 6) is -0.860. The largest absolute Gasteiger partial charge is 0.464 e. The van der Waals surface area contributed by atoms with Crippen LogP contribution in [0, 0.1) is 0 Å². The second kappa shape index (κ2) is 6.55. The van der Waals surface area contributed by atoms with Crippen LogP contribution in [0.2, 0.25) is 0 Å². The summed E-state index contributed by atoms with van der Waals surface area (Å²) in [5.41, 5.74) is 1.05. The summed E-state index contributed by atoms with van der Waals surface area (Å²) in [4.78, 5) is 0. The Hall–Kier alpha value is -1.34. The Labute approximate surface area is 107 Å². The van der Waals surface area contributed by atoms with E-state index in [2.05, 4.69) is 15.5 Å². The van der Waals surface area contributed by atoms with Gasteiger partial charge >= 0.3 is 0 Å². The molecule has 2 N–H and O–H groups in total. The lowest BCUT2D eigenvalue weighted by Crippen LogP contribution is -2.11. The van der Waals surface area contributed by atoms with Gasteiger partial charge in [-0.15, -0.1) is 0 Å². The lowest BCUT2D eigenvalue weighted by Gasteiger charge is -2.00. The smallest absolute Gasteiger partial charge is 0.284 e. The van der Waals surface area contributed by atoms with Crippen LogP contribution in [-0.2, 0) is 18.8 Å². The number of rotatable bonds is 7. The molecule has 7 heteroatoms. The monoisotopic (exact) mass is 273 g/mol. The number of H-pyrrole nitrogens is 1. The zero-order valence-electron chi connectivity index (χ0n) is 9.53. The molecule has 0 aliphatic heterocycles. The molecule has 0 aromatic carbocycles. The molecule has 2 rings (SSSR count). The summed E-state index contributed by atoms with van der Waals surface area (Å²) in [5, 5.41) is 9.73. The van der Waals surface area contributed by atoms with Gasteiger partial charge in [-0.05, 0) is 12.1 Å². The summed E-state index contributed by atoms with van der Waals surface area (Å²) in [6, 6.07) is 3.52. The first kappa shape index (κ1) is 13.1. The third-order valence-electron chi connectivity index (χ3n) is 2.25. The van der Waals surface area contributed by atoms with Crippen LogP contribution in [0.1, 0.15) is 17.1 Å². The minimum Gasteiger partial charge on any atom is -0.464 e. The molecule has 0 atom stereocenters. The van der Waals surface area contributed by atoms with Gasteiger partial charge in [0.15, 0.2) is 0 Å². The number of hydrogen-bond acceptors (Lipinski definition) is 4. The van der Waals surface area contributed by atoms with Gasteiger partial charge in [0.1, 0.15) is 11.5 Å². The molecule has 0 saturated carbocycles. The first-order valence-corrected chi connectivity index (χ1v) is 6.44. The quantitative estimate of drug-likeness (QED) is 0.814. The van der Waals surface area contributed by atoms with Crippen LogP contribution in [0.5, 0.6) is 0 Å². The molecule has 0 aliphatic carbocycles. The standard InChI is InChI=1S/C11H13F2N3OS/c12-11(13)18-7-10-2-1-9(17-10)6-14-3-8-4-15-16-5-8/h1-2,4-5,11,14H,3,6-7H2,(H,15,16). The number of nitrogens with one attached hydrogen (secondary N) is 2. The highest BCUT2D eigenvalue weighted by Crippen LogP contribution is 2.21. The Kier molecular flexibility index (Phi) is 4.77. The van der Waals surface area contributed by atoms with Crippen molar-refractivity contribution in [1.82, 2.24) is 15.5 Å². The second-order valence-electron chi connectivity index (χ2n) is 3.65. The average molecular weight is 273 g/mol. The lowest BCUT2D eigenvalue weighted by molar-refractivity contribution is 0.251. The maximum absolute atomic E-state index is 12.0. The average Bonchev–Trinajstić information content (AvgIpc) is 2.97. The van der Waals surface area contributed by atoms with E-state index in [1.807, 2.05) is 0 Å². The summed E-state index contributed by atoms with van der Waals surface area (Å²) in [6.07, 6.45) is 3.54. The molecule has 2 heterocycles. The van der Waals surface area contributed by atoms with Crippen molar-refractivity contribution in [2.24, 2.45) is 0 Å². The van der Waals surface area contributed by atoms with E-state index in [0.29, 0.717) is 30.6 Å². The first-order chi connectivity index (χ1) is 8.74. The lowest BCUT2D eigenvalue weighted by atomic mass is 10.3. The number of furan rings is 1. The van der Waals surface area contributed by atoms with Gasteiger partial charge in [-0.2, -0.15) is 13.9 Å². The SMILES string of the molecule is FC(F)SCc1ccc(CNCc2cn[nH]c2)o1. The molecule has 0 bridgehead atoms. The highest BCUT2D eigenvalue weighted by atomic mass is 32.2. The number of aromatic nitrogens is 2. The number of halogens is 2. The number of thioether (sulfide) groups is 1. The van der Waals surface area contributed by atoms with Gasteiger partial charge in [0.25, 0.3) is 5.76 Å².